The summed E-state index contributed by atoms with van der Waals surface area (Å²) < 4.78 is 24.7. The van der Waals surface area contributed by atoms with Crippen molar-refractivity contribution < 1.29 is 17.7 Å². The summed E-state index contributed by atoms with van der Waals surface area (Å²) in [6.45, 7) is 4.01. The van der Waals surface area contributed by atoms with E-state index in [9.17, 15) is 0 Å². The third kappa shape index (κ3) is 1.30. The molecule has 0 saturated heterocycles. The molecule has 0 aromatic heterocycles. The van der Waals surface area contributed by atoms with Gasteiger partial charge in [0.2, 0.25) is 0 Å². The van der Waals surface area contributed by atoms with Crippen molar-refractivity contribution in [1.82, 2.24) is 0 Å². The first-order valence-corrected chi connectivity index (χ1v) is 8.94. The molecule has 1 spiro atoms. The van der Waals surface area contributed by atoms with Crippen molar-refractivity contribution in [3.63, 3.8) is 0 Å². The zero-order chi connectivity index (χ0) is 13.8. The second-order valence-electron chi connectivity index (χ2n) is 5.43. The van der Waals surface area contributed by atoms with Gasteiger partial charge in [-0.2, -0.15) is 0 Å². The number of hydrogen-bond acceptors (Lipinski definition) is 4. The van der Waals surface area contributed by atoms with E-state index in [1.165, 1.54) is 0 Å². The molecule has 20 heavy (non-hydrogen) atoms. The molecule has 0 N–H and O–H groups in total. The van der Waals surface area contributed by atoms with Gasteiger partial charge in [-0.1, -0.05) is 0 Å². The molecule has 4 nitrogen and oxygen atoms in total. The zero-order valence-corrected chi connectivity index (χ0v) is 12.3. The third-order valence-electron chi connectivity index (χ3n) is 3.82. The first-order chi connectivity index (χ1) is 9.61. The van der Waals surface area contributed by atoms with Crippen molar-refractivity contribution in [1.29, 1.82) is 0 Å². The van der Waals surface area contributed by atoms with Crippen LogP contribution in [0.3, 0.4) is 0 Å². The predicted octanol–water partition coefficient (Wildman–Crippen LogP) is 3.73. The van der Waals surface area contributed by atoms with E-state index in [0.717, 1.165) is 0 Å². The Morgan fingerprint density at radius 2 is 0.950 bits per heavy atom. The Labute approximate surface area is 117 Å². The van der Waals surface area contributed by atoms with E-state index in [1.54, 1.807) is 0 Å². The van der Waals surface area contributed by atoms with E-state index in [4.69, 9.17) is 17.7 Å². The Morgan fingerprint density at radius 1 is 0.650 bits per heavy atom. The molecule has 0 aliphatic carbocycles. The molecule has 0 radical (unpaired) electrons. The van der Waals surface area contributed by atoms with Gasteiger partial charge in [0.15, 0.2) is 0 Å². The first kappa shape index (κ1) is 11.7. The summed E-state index contributed by atoms with van der Waals surface area (Å²) in [5.41, 5.74) is -0.0326. The fourth-order valence-corrected chi connectivity index (χ4v) is 6.08. The number of hydrogen-bond donors (Lipinski definition) is 0. The molecule has 2 aliphatic heterocycles. The predicted molar refractivity (Wildman–Crippen MR) is 76.2 cm³/mol. The standard InChI is InChI=1S/C15H15O4Si/c1-11(2)20(16-12-7-3-4-8-13(12)17-20)18-14-9-5-6-10-15(14)19-20/h3-11H,1-2H3/q-1. The fraction of sp³-hybridized carbons (Fsp3) is 0.200. The van der Waals surface area contributed by atoms with Crippen molar-refractivity contribution in [3.8, 4) is 23.0 Å². The molecule has 0 atom stereocenters. The van der Waals surface area contributed by atoms with E-state index in [-0.39, 0.29) is 5.54 Å². The van der Waals surface area contributed by atoms with Crippen LogP contribution in [0.2, 0.25) is 5.54 Å². The Hall–Kier alpha value is -2.14. The molecule has 104 valence electrons. The Balaban J connectivity index is 1.86. The van der Waals surface area contributed by atoms with Crippen molar-refractivity contribution in [2.45, 2.75) is 19.4 Å². The Kier molecular flexibility index (Phi) is 2.03. The van der Waals surface area contributed by atoms with Crippen molar-refractivity contribution in [3.05, 3.63) is 48.5 Å². The summed E-state index contributed by atoms with van der Waals surface area (Å²) in [5, 5.41) is 0. The average Bonchev–Trinajstić information content (AvgIpc) is 2.94. The minimum atomic E-state index is -3.99. The molecule has 5 heteroatoms. The number of rotatable bonds is 1. The van der Waals surface area contributed by atoms with Gasteiger partial charge in [0.1, 0.15) is 0 Å². The second-order valence-corrected chi connectivity index (χ2v) is 9.34. The molecule has 0 bridgehead atoms. The average molecular weight is 287 g/mol. The van der Waals surface area contributed by atoms with E-state index in [1.807, 2.05) is 62.4 Å². The summed E-state index contributed by atoms with van der Waals surface area (Å²) in [5.74, 6) is 2.73. The van der Waals surface area contributed by atoms with Gasteiger partial charge in [0.25, 0.3) is 0 Å². The van der Waals surface area contributed by atoms with Crippen LogP contribution in [-0.4, -0.2) is 8.33 Å². The normalized spacial score (nSPS) is 21.6. The SMILES string of the molecule is CC(C)[Si-]12(Oc3ccccc3O1)Oc1ccccc1O2. The molecule has 0 fully saturated rings. The van der Waals surface area contributed by atoms with Crippen LogP contribution < -0.4 is 17.7 Å². The van der Waals surface area contributed by atoms with Crippen LogP contribution in [0.4, 0.5) is 0 Å². The van der Waals surface area contributed by atoms with Crippen LogP contribution in [0, 0.1) is 0 Å². The molecule has 2 aromatic rings. The molecule has 0 saturated carbocycles. The van der Waals surface area contributed by atoms with Crippen LogP contribution in [0.25, 0.3) is 0 Å². The minimum absolute atomic E-state index is 0.0326. The van der Waals surface area contributed by atoms with Gasteiger partial charge in [-0.05, 0) is 0 Å². The number of benzene rings is 2. The van der Waals surface area contributed by atoms with Gasteiger partial charge in [0, 0.05) is 0 Å². The number of para-hydroxylation sites is 4. The van der Waals surface area contributed by atoms with Gasteiger partial charge in [0.05, 0.1) is 0 Å². The molecular weight excluding hydrogens is 272 g/mol. The molecule has 4 rings (SSSR count). The summed E-state index contributed by atoms with van der Waals surface area (Å²) >= 11 is 0. The number of fused-ring (bicyclic) bond motifs is 2. The van der Waals surface area contributed by atoms with Crippen molar-refractivity contribution in [2.75, 3.05) is 0 Å². The van der Waals surface area contributed by atoms with Gasteiger partial charge in [-0.25, -0.2) is 0 Å². The topological polar surface area (TPSA) is 36.9 Å². The van der Waals surface area contributed by atoms with Crippen molar-refractivity contribution >= 4 is 8.33 Å². The van der Waals surface area contributed by atoms with E-state index < -0.39 is 8.33 Å². The van der Waals surface area contributed by atoms with Gasteiger partial charge in [-0.3, -0.25) is 0 Å². The summed E-state index contributed by atoms with van der Waals surface area (Å²) in [4.78, 5) is 0. The molecule has 2 aliphatic rings. The summed E-state index contributed by atoms with van der Waals surface area (Å²) in [7, 11) is -3.99. The van der Waals surface area contributed by atoms with Crippen molar-refractivity contribution in [2.24, 2.45) is 0 Å². The molecule has 2 heterocycles. The molecule has 0 amide bonds. The van der Waals surface area contributed by atoms with Gasteiger partial charge in [-0.15, -0.1) is 0 Å². The third-order valence-corrected chi connectivity index (χ3v) is 8.05. The van der Waals surface area contributed by atoms with Crippen LogP contribution in [0.1, 0.15) is 13.8 Å². The van der Waals surface area contributed by atoms with E-state index >= 15 is 0 Å². The Morgan fingerprint density at radius 3 is 1.20 bits per heavy atom. The fourth-order valence-electron chi connectivity index (χ4n) is 2.63. The van der Waals surface area contributed by atoms with Gasteiger partial charge < -0.3 is 0 Å². The van der Waals surface area contributed by atoms with Crippen LogP contribution in [-0.2, 0) is 0 Å². The molecular formula is C15H15O4Si-. The quantitative estimate of drug-likeness (QED) is 0.749. The molecule has 0 unspecified atom stereocenters. The maximum absolute atomic E-state index is 6.17. The van der Waals surface area contributed by atoms with E-state index in [0.29, 0.717) is 23.0 Å². The summed E-state index contributed by atoms with van der Waals surface area (Å²) in [6.07, 6.45) is 0. The zero-order valence-electron chi connectivity index (χ0n) is 11.3. The molecule has 2 aromatic carbocycles. The van der Waals surface area contributed by atoms with Crippen LogP contribution in [0.5, 0.6) is 23.0 Å². The first-order valence-electron chi connectivity index (χ1n) is 6.73. The Bertz CT molecular complexity index is 585. The second kappa shape index (κ2) is 3.49. The van der Waals surface area contributed by atoms with Gasteiger partial charge >= 0.3 is 117 Å². The van der Waals surface area contributed by atoms with Crippen LogP contribution >= 0.6 is 0 Å². The van der Waals surface area contributed by atoms with Crippen LogP contribution in [0.15, 0.2) is 48.5 Å². The maximum atomic E-state index is 6.17. The summed E-state index contributed by atoms with van der Waals surface area (Å²) in [6, 6.07) is 15.1. The van der Waals surface area contributed by atoms with E-state index in [2.05, 4.69) is 0 Å². The monoisotopic (exact) mass is 287 g/mol.